The maximum absolute atomic E-state index is 8.72. The quantitative estimate of drug-likeness (QED) is 0.389. The summed E-state index contributed by atoms with van der Waals surface area (Å²) in [5.41, 5.74) is 0. The first-order chi connectivity index (χ1) is 3.22. The Bertz CT molecular complexity index is 74.1. The van der Waals surface area contributed by atoms with Crippen LogP contribution in [-0.4, -0.2) is 23.2 Å². The van der Waals surface area contributed by atoms with E-state index in [0.29, 0.717) is 0 Å². The highest BCUT2D eigenvalue weighted by Crippen LogP contribution is 2.30. The lowest BCUT2D eigenvalue weighted by molar-refractivity contribution is 0.153. The number of rotatable bonds is 1. The van der Waals surface area contributed by atoms with Gasteiger partial charge in [0.1, 0.15) is 11.9 Å². The van der Waals surface area contributed by atoms with Gasteiger partial charge in [-0.15, -0.1) is 9.24 Å². The fourth-order valence-electron chi connectivity index (χ4n) is 0.524. The fraction of sp³-hybridized carbons (Fsp3) is 1.00. The van der Waals surface area contributed by atoms with Crippen LogP contribution >= 0.6 is 9.24 Å². The van der Waals surface area contributed by atoms with Gasteiger partial charge >= 0.3 is 0 Å². The van der Waals surface area contributed by atoms with E-state index in [1.165, 1.54) is 0 Å². The Labute approximate surface area is 45.1 Å². The lowest BCUT2D eigenvalue weighted by Crippen LogP contribution is -2.08. The molecule has 3 heteroatoms. The van der Waals surface area contributed by atoms with Crippen LogP contribution in [0.4, 0.5) is 0 Å². The molecule has 7 heavy (non-hydrogen) atoms. The average molecular weight is 120 g/mol. The minimum Gasteiger partial charge on any atom is -0.391 e. The van der Waals surface area contributed by atoms with Crippen molar-refractivity contribution in [3.8, 4) is 0 Å². The van der Waals surface area contributed by atoms with Crippen LogP contribution in [0.15, 0.2) is 0 Å². The second-order valence-corrected chi connectivity index (χ2v) is 2.46. The monoisotopic (exact) mass is 120 g/mol. The summed E-state index contributed by atoms with van der Waals surface area (Å²) in [4.78, 5) is 0. The highest BCUT2D eigenvalue weighted by atomic mass is 31.0. The first-order valence-corrected chi connectivity index (χ1v) is 2.97. The van der Waals surface area contributed by atoms with Crippen LogP contribution in [0.2, 0.25) is 0 Å². The van der Waals surface area contributed by atoms with Gasteiger partial charge in [0, 0.05) is 0 Å². The van der Waals surface area contributed by atoms with Gasteiger partial charge in [0.2, 0.25) is 0 Å². The zero-order chi connectivity index (χ0) is 5.44. The van der Waals surface area contributed by atoms with Gasteiger partial charge in [-0.05, 0) is 6.92 Å². The summed E-state index contributed by atoms with van der Waals surface area (Å²) in [7, 11) is 2.49. The summed E-state index contributed by atoms with van der Waals surface area (Å²) in [6, 6.07) is 0. The Kier molecular flexibility index (Phi) is 1.33. The molecule has 0 bridgehead atoms. The molecule has 2 nitrogen and oxygen atoms in total. The molecule has 0 aliphatic carbocycles. The normalized spacial score (nSPS) is 43.3. The molecule has 1 heterocycles. The van der Waals surface area contributed by atoms with Crippen molar-refractivity contribution >= 4 is 9.24 Å². The molecule has 4 atom stereocenters. The molecule has 0 radical (unpaired) electrons. The van der Waals surface area contributed by atoms with Gasteiger partial charge in [-0.25, -0.2) is 0 Å². The van der Waals surface area contributed by atoms with E-state index in [0.717, 1.165) is 0 Å². The zero-order valence-electron chi connectivity index (χ0n) is 4.16. The van der Waals surface area contributed by atoms with Crippen LogP contribution in [0.5, 0.6) is 0 Å². The van der Waals surface area contributed by atoms with E-state index in [9.17, 15) is 0 Å². The first kappa shape index (κ1) is 5.49. The molecule has 0 spiro atoms. The second-order valence-electron chi connectivity index (χ2n) is 1.81. The molecule has 0 amide bonds. The van der Waals surface area contributed by atoms with Crippen LogP contribution < -0.4 is 0 Å². The molecular formula is C4H9O2P. The largest absolute Gasteiger partial charge is 0.391 e. The van der Waals surface area contributed by atoms with E-state index in [2.05, 4.69) is 9.24 Å². The maximum Gasteiger partial charge on any atom is 0.114 e. The third-order valence-corrected chi connectivity index (χ3v) is 1.57. The molecule has 1 aliphatic rings. The van der Waals surface area contributed by atoms with E-state index in [1.54, 1.807) is 6.92 Å². The number of aliphatic hydroxyl groups is 1. The minimum absolute atomic E-state index is 0.0880. The Morgan fingerprint density at radius 2 is 2.29 bits per heavy atom. The molecule has 0 aromatic carbocycles. The van der Waals surface area contributed by atoms with Gasteiger partial charge in [-0.3, -0.25) is 0 Å². The summed E-state index contributed by atoms with van der Waals surface area (Å²) in [5.74, 6) is 0.208. The molecule has 0 aromatic heterocycles. The highest BCUT2D eigenvalue weighted by Gasteiger charge is 2.38. The van der Waals surface area contributed by atoms with Crippen molar-refractivity contribution in [1.82, 2.24) is 0 Å². The summed E-state index contributed by atoms with van der Waals surface area (Å²) >= 11 is 0. The van der Waals surface area contributed by atoms with Gasteiger partial charge in [0.05, 0.1) is 6.10 Å². The van der Waals surface area contributed by atoms with Crippen molar-refractivity contribution in [1.29, 1.82) is 0 Å². The van der Waals surface area contributed by atoms with Crippen molar-refractivity contribution in [3.63, 3.8) is 0 Å². The van der Waals surface area contributed by atoms with Crippen molar-refractivity contribution < 1.29 is 9.84 Å². The zero-order valence-corrected chi connectivity index (χ0v) is 5.32. The van der Waals surface area contributed by atoms with Crippen molar-refractivity contribution in [2.45, 2.75) is 25.0 Å². The van der Waals surface area contributed by atoms with Crippen molar-refractivity contribution in [2.75, 3.05) is 0 Å². The van der Waals surface area contributed by atoms with Crippen molar-refractivity contribution in [3.05, 3.63) is 0 Å². The summed E-state index contributed by atoms with van der Waals surface area (Å²) < 4.78 is 4.89. The second kappa shape index (κ2) is 1.70. The summed E-state index contributed by atoms with van der Waals surface area (Å²) in [6.45, 7) is 1.73. The Morgan fingerprint density at radius 1 is 1.86 bits per heavy atom. The predicted octanol–water partition coefficient (Wildman–Crippen LogP) is -0.0328. The van der Waals surface area contributed by atoms with Crippen LogP contribution in [0.25, 0.3) is 0 Å². The molecule has 42 valence electrons. The van der Waals surface area contributed by atoms with Gasteiger partial charge in [0.25, 0.3) is 0 Å². The van der Waals surface area contributed by atoms with Crippen LogP contribution in [-0.2, 0) is 4.74 Å². The fourth-order valence-corrected chi connectivity index (χ4v) is 1.03. The molecule has 4 unspecified atom stereocenters. The third kappa shape index (κ3) is 1.12. The molecule has 1 N–H and O–H groups in total. The number of ether oxygens (including phenoxy) is 1. The highest BCUT2D eigenvalue weighted by molar-refractivity contribution is 7.17. The smallest absolute Gasteiger partial charge is 0.114 e. The first-order valence-electron chi connectivity index (χ1n) is 2.31. The SMILES string of the molecule is CC(O)C1OC1P. The molecule has 1 saturated heterocycles. The van der Waals surface area contributed by atoms with Gasteiger partial charge in [0.15, 0.2) is 0 Å². The van der Waals surface area contributed by atoms with E-state index >= 15 is 0 Å². The molecular weight excluding hydrogens is 111 g/mol. The standard InChI is InChI=1S/C4H9O2P/c1-2(5)3-4(7)6-3/h2-5H,7H2,1H3. The average Bonchev–Trinajstić information content (AvgIpc) is 2.17. The number of epoxide rings is 1. The maximum atomic E-state index is 8.72. The number of hydrogen-bond donors (Lipinski definition) is 1. The summed E-state index contributed by atoms with van der Waals surface area (Å²) in [6.07, 6.45) is -0.215. The van der Waals surface area contributed by atoms with Gasteiger partial charge in [-0.2, -0.15) is 0 Å². The Hall–Kier alpha value is 0.350. The number of aliphatic hydroxyl groups excluding tert-OH is 1. The van der Waals surface area contributed by atoms with E-state index in [1.807, 2.05) is 0 Å². The molecule has 1 fully saturated rings. The van der Waals surface area contributed by atoms with Crippen LogP contribution in [0, 0.1) is 0 Å². The molecule has 0 aromatic rings. The van der Waals surface area contributed by atoms with Gasteiger partial charge in [-0.1, -0.05) is 0 Å². The van der Waals surface area contributed by atoms with E-state index in [4.69, 9.17) is 9.84 Å². The third-order valence-electron chi connectivity index (χ3n) is 1.04. The molecule has 1 aliphatic heterocycles. The lowest BCUT2D eigenvalue weighted by Gasteiger charge is -1.92. The number of hydrogen-bond acceptors (Lipinski definition) is 2. The van der Waals surface area contributed by atoms with E-state index in [-0.39, 0.29) is 18.1 Å². The Balaban J connectivity index is 2.20. The van der Waals surface area contributed by atoms with Gasteiger partial charge < -0.3 is 9.84 Å². The van der Waals surface area contributed by atoms with Crippen LogP contribution in [0.3, 0.4) is 0 Å². The minimum atomic E-state index is -0.303. The van der Waals surface area contributed by atoms with Crippen molar-refractivity contribution in [2.24, 2.45) is 0 Å². The Morgan fingerprint density at radius 3 is 2.29 bits per heavy atom. The molecule has 1 rings (SSSR count). The predicted molar refractivity (Wildman–Crippen MR) is 30.1 cm³/mol. The topological polar surface area (TPSA) is 32.8 Å². The van der Waals surface area contributed by atoms with Crippen LogP contribution in [0.1, 0.15) is 6.92 Å². The lowest BCUT2D eigenvalue weighted by atomic mass is 10.3. The summed E-state index contributed by atoms with van der Waals surface area (Å²) in [5, 5.41) is 8.72. The molecule has 0 saturated carbocycles. The van der Waals surface area contributed by atoms with E-state index < -0.39 is 0 Å².